The lowest BCUT2D eigenvalue weighted by atomic mass is 10.1. The van der Waals surface area contributed by atoms with Crippen molar-refractivity contribution in [3.05, 3.63) is 101 Å². The molecule has 1 aliphatic heterocycles. The van der Waals surface area contributed by atoms with Gasteiger partial charge in [-0.25, -0.2) is 4.39 Å². The Balaban J connectivity index is 1.46. The van der Waals surface area contributed by atoms with Crippen LogP contribution in [0.15, 0.2) is 78.9 Å². The third-order valence-electron chi connectivity index (χ3n) is 4.67. The molecule has 3 nitrogen and oxygen atoms in total. The summed E-state index contributed by atoms with van der Waals surface area (Å²) in [6.07, 6.45) is 0. The van der Waals surface area contributed by atoms with Crippen molar-refractivity contribution < 1.29 is 13.9 Å². The average Bonchev–Trinajstić information content (AvgIpc) is 3.23. The highest BCUT2D eigenvalue weighted by molar-refractivity contribution is 7.99. The van der Waals surface area contributed by atoms with Crippen molar-refractivity contribution in [2.24, 2.45) is 0 Å². The van der Waals surface area contributed by atoms with Crippen molar-refractivity contribution >= 4 is 17.7 Å². The zero-order valence-corrected chi connectivity index (χ0v) is 16.1. The Bertz CT molecular complexity index is 946. The van der Waals surface area contributed by atoms with Crippen LogP contribution in [0.5, 0.6) is 5.75 Å². The normalized spacial score (nSPS) is 16.2. The second-order valence-corrected chi connectivity index (χ2v) is 7.73. The quantitative estimate of drug-likeness (QED) is 0.590. The van der Waals surface area contributed by atoms with E-state index in [9.17, 15) is 9.18 Å². The summed E-state index contributed by atoms with van der Waals surface area (Å²) < 4.78 is 19.9. The van der Waals surface area contributed by atoms with Crippen LogP contribution in [-0.4, -0.2) is 23.1 Å². The van der Waals surface area contributed by atoms with Gasteiger partial charge in [0.15, 0.2) is 0 Å². The Morgan fingerprint density at radius 3 is 2.46 bits per heavy atom. The molecular formula is C23H20FNO2S. The van der Waals surface area contributed by atoms with E-state index < -0.39 is 5.82 Å². The number of thioether (sulfide) groups is 1. The van der Waals surface area contributed by atoms with E-state index in [4.69, 9.17) is 4.74 Å². The Kier molecular flexibility index (Phi) is 5.63. The number of hydrogen-bond donors (Lipinski definition) is 0. The van der Waals surface area contributed by atoms with Crippen LogP contribution >= 0.6 is 11.8 Å². The summed E-state index contributed by atoms with van der Waals surface area (Å²) >= 11 is 1.69. The van der Waals surface area contributed by atoms with E-state index in [1.807, 2.05) is 54.6 Å². The Morgan fingerprint density at radius 1 is 1.00 bits per heavy atom. The molecule has 1 heterocycles. The van der Waals surface area contributed by atoms with Gasteiger partial charge in [0, 0.05) is 12.3 Å². The first-order valence-electron chi connectivity index (χ1n) is 9.16. The summed E-state index contributed by atoms with van der Waals surface area (Å²) in [6.45, 7) is 1.12. The van der Waals surface area contributed by atoms with E-state index in [2.05, 4.69) is 0 Å². The van der Waals surface area contributed by atoms with Crippen LogP contribution in [0.25, 0.3) is 0 Å². The molecule has 5 heteroatoms. The number of ether oxygens (including phenoxy) is 1. The van der Waals surface area contributed by atoms with Crippen LogP contribution in [0.2, 0.25) is 0 Å². The molecule has 28 heavy (non-hydrogen) atoms. The van der Waals surface area contributed by atoms with Gasteiger partial charge < -0.3 is 9.64 Å². The molecule has 4 rings (SSSR count). The summed E-state index contributed by atoms with van der Waals surface area (Å²) in [6, 6.07) is 23.9. The Labute approximate surface area is 168 Å². The molecule has 0 bridgehead atoms. The first kappa shape index (κ1) is 18.6. The van der Waals surface area contributed by atoms with Gasteiger partial charge in [0.05, 0.1) is 5.56 Å². The zero-order valence-electron chi connectivity index (χ0n) is 15.3. The third kappa shape index (κ3) is 4.04. The molecule has 0 saturated carbocycles. The maximum Gasteiger partial charge on any atom is 0.258 e. The number of nitrogens with zero attached hydrogens (tertiary/aromatic N) is 1. The molecular weight excluding hydrogens is 373 g/mol. The number of carbonyl (C=O) groups excluding carboxylic acids is 1. The van der Waals surface area contributed by atoms with Crippen molar-refractivity contribution in [3.63, 3.8) is 0 Å². The van der Waals surface area contributed by atoms with Crippen LogP contribution < -0.4 is 4.74 Å². The topological polar surface area (TPSA) is 29.5 Å². The number of halogens is 1. The fourth-order valence-electron chi connectivity index (χ4n) is 3.21. The van der Waals surface area contributed by atoms with E-state index in [-0.39, 0.29) is 16.8 Å². The predicted octanol–water partition coefficient (Wildman–Crippen LogP) is 5.29. The van der Waals surface area contributed by atoms with Crippen LogP contribution in [-0.2, 0) is 6.61 Å². The first-order valence-corrected chi connectivity index (χ1v) is 10.2. The molecule has 1 saturated heterocycles. The fourth-order valence-corrected chi connectivity index (χ4v) is 4.47. The first-order chi connectivity index (χ1) is 13.7. The second kappa shape index (κ2) is 8.48. The average molecular weight is 393 g/mol. The highest BCUT2D eigenvalue weighted by Gasteiger charge is 2.32. The predicted molar refractivity (Wildman–Crippen MR) is 110 cm³/mol. The molecule has 1 amide bonds. The fraction of sp³-hybridized carbons (Fsp3) is 0.174. The number of carbonyl (C=O) groups is 1. The van der Waals surface area contributed by atoms with Gasteiger partial charge in [-0.05, 0) is 35.4 Å². The molecule has 1 atom stereocenters. The van der Waals surface area contributed by atoms with Crippen LogP contribution in [0.3, 0.4) is 0 Å². The van der Waals surface area contributed by atoms with Crippen LogP contribution in [0.4, 0.5) is 4.39 Å². The molecule has 0 spiro atoms. The minimum Gasteiger partial charge on any atom is -0.489 e. The molecule has 0 radical (unpaired) electrons. The minimum absolute atomic E-state index is 0.115. The zero-order chi connectivity index (χ0) is 19.3. The van der Waals surface area contributed by atoms with Crippen LogP contribution in [0.1, 0.15) is 26.9 Å². The van der Waals surface area contributed by atoms with Gasteiger partial charge in [0.1, 0.15) is 23.5 Å². The lowest BCUT2D eigenvalue weighted by molar-refractivity contribution is 0.0755. The molecule has 142 valence electrons. The molecule has 1 unspecified atom stereocenters. The van der Waals surface area contributed by atoms with Crippen molar-refractivity contribution in [2.45, 2.75) is 12.0 Å². The number of amides is 1. The summed E-state index contributed by atoms with van der Waals surface area (Å²) in [4.78, 5) is 14.6. The SMILES string of the molecule is O=C(c1ccccc1F)N1CCSC1c1ccc(OCc2ccccc2)cc1. The van der Waals surface area contributed by atoms with Gasteiger partial charge >= 0.3 is 0 Å². The van der Waals surface area contributed by atoms with E-state index >= 15 is 0 Å². The summed E-state index contributed by atoms with van der Waals surface area (Å²) in [5.74, 6) is 0.866. The second-order valence-electron chi connectivity index (χ2n) is 6.54. The van der Waals surface area contributed by atoms with E-state index in [0.717, 1.165) is 22.6 Å². The van der Waals surface area contributed by atoms with Gasteiger partial charge in [-0.1, -0.05) is 54.6 Å². The lowest BCUT2D eigenvalue weighted by Gasteiger charge is -2.24. The van der Waals surface area contributed by atoms with Gasteiger partial charge in [-0.15, -0.1) is 11.8 Å². The summed E-state index contributed by atoms with van der Waals surface area (Å²) in [5, 5.41) is -0.115. The molecule has 1 aliphatic rings. The van der Waals surface area contributed by atoms with E-state index in [1.54, 1.807) is 28.8 Å². The van der Waals surface area contributed by atoms with Crippen molar-refractivity contribution in [3.8, 4) is 5.75 Å². The van der Waals surface area contributed by atoms with Crippen molar-refractivity contribution in [2.75, 3.05) is 12.3 Å². The largest absolute Gasteiger partial charge is 0.489 e. The standard InChI is InChI=1S/C23H20FNO2S/c24-21-9-5-4-8-20(21)22(26)25-14-15-28-23(25)18-10-12-19(13-11-18)27-16-17-6-2-1-3-7-17/h1-13,23H,14-16H2. The lowest BCUT2D eigenvalue weighted by Crippen LogP contribution is -2.31. The van der Waals surface area contributed by atoms with Gasteiger partial charge in [0.25, 0.3) is 5.91 Å². The van der Waals surface area contributed by atoms with Crippen molar-refractivity contribution in [1.29, 1.82) is 0 Å². The Hall–Kier alpha value is -2.79. The maximum atomic E-state index is 14.0. The molecule has 3 aromatic rings. The highest BCUT2D eigenvalue weighted by Crippen LogP contribution is 2.39. The van der Waals surface area contributed by atoms with E-state index in [0.29, 0.717) is 13.2 Å². The smallest absolute Gasteiger partial charge is 0.258 e. The molecule has 0 aliphatic carbocycles. The van der Waals surface area contributed by atoms with Gasteiger partial charge in [-0.3, -0.25) is 4.79 Å². The molecule has 3 aromatic carbocycles. The van der Waals surface area contributed by atoms with E-state index in [1.165, 1.54) is 12.1 Å². The third-order valence-corrected chi connectivity index (χ3v) is 5.93. The molecule has 0 aromatic heterocycles. The van der Waals surface area contributed by atoms with Crippen molar-refractivity contribution in [1.82, 2.24) is 4.90 Å². The monoisotopic (exact) mass is 393 g/mol. The van der Waals surface area contributed by atoms with Crippen LogP contribution in [0, 0.1) is 5.82 Å². The summed E-state index contributed by atoms with van der Waals surface area (Å²) in [7, 11) is 0. The number of hydrogen-bond acceptors (Lipinski definition) is 3. The van der Waals surface area contributed by atoms with Gasteiger partial charge in [0.2, 0.25) is 0 Å². The minimum atomic E-state index is -0.479. The molecule has 0 N–H and O–H groups in total. The highest BCUT2D eigenvalue weighted by atomic mass is 32.2. The maximum absolute atomic E-state index is 14.0. The number of rotatable bonds is 5. The number of benzene rings is 3. The molecule has 1 fully saturated rings. The summed E-state index contributed by atoms with van der Waals surface area (Å²) in [5.41, 5.74) is 2.25. The Morgan fingerprint density at radius 2 is 1.71 bits per heavy atom. The van der Waals surface area contributed by atoms with Gasteiger partial charge in [-0.2, -0.15) is 0 Å².